The minimum Gasteiger partial charge on any atom is -0.465 e. The second-order valence-corrected chi connectivity index (χ2v) is 4.85. The van der Waals surface area contributed by atoms with Crippen LogP contribution < -0.4 is 5.32 Å². The average Bonchev–Trinajstić information content (AvgIpc) is 2.92. The molecule has 7 heteroatoms. The fourth-order valence-electron chi connectivity index (χ4n) is 1.46. The summed E-state index contributed by atoms with van der Waals surface area (Å²) >= 11 is 1.44. The van der Waals surface area contributed by atoms with E-state index in [-0.39, 0.29) is 37.9 Å². The lowest BCUT2D eigenvalue weighted by atomic mass is 10.3. The van der Waals surface area contributed by atoms with Gasteiger partial charge in [0.1, 0.15) is 6.54 Å². The zero-order valence-electron chi connectivity index (χ0n) is 11.5. The number of thiophene rings is 1. The number of likely N-dealkylation sites (N-methyl/N-ethyl adjacent to an activating group) is 1. The molecule has 1 aromatic rings. The van der Waals surface area contributed by atoms with Gasteiger partial charge in [-0.15, -0.1) is 0 Å². The Kier molecular flexibility index (Phi) is 6.72. The number of esters is 1. The van der Waals surface area contributed by atoms with Gasteiger partial charge in [0.25, 0.3) is 5.91 Å². The van der Waals surface area contributed by atoms with Crippen molar-refractivity contribution in [1.29, 1.82) is 0 Å². The standard InChI is InChI=1S/C13H18N2O4S/c1-3-19-12(17)8-15(2)11(16)4-6-14-13(18)10-5-7-20-9-10/h5,7,9H,3-4,6,8H2,1-2H3,(H,14,18). The Morgan fingerprint density at radius 1 is 1.40 bits per heavy atom. The van der Waals surface area contributed by atoms with Gasteiger partial charge in [-0.25, -0.2) is 0 Å². The number of rotatable bonds is 7. The molecule has 0 aliphatic carbocycles. The Bertz CT molecular complexity index is 459. The number of hydrogen-bond donors (Lipinski definition) is 1. The van der Waals surface area contributed by atoms with Crippen LogP contribution in [0.3, 0.4) is 0 Å². The fourth-order valence-corrected chi connectivity index (χ4v) is 2.09. The molecular formula is C13H18N2O4S. The third-order valence-corrected chi connectivity index (χ3v) is 3.19. The number of ether oxygens (including phenoxy) is 1. The fraction of sp³-hybridized carbons (Fsp3) is 0.462. The zero-order valence-corrected chi connectivity index (χ0v) is 12.4. The molecule has 0 unspecified atom stereocenters. The number of carbonyl (C=O) groups is 3. The smallest absolute Gasteiger partial charge is 0.325 e. The van der Waals surface area contributed by atoms with Gasteiger partial charge in [-0.1, -0.05) is 0 Å². The Labute approximate surface area is 121 Å². The van der Waals surface area contributed by atoms with Crippen LogP contribution in [0.4, 0.5) is 0 Å². The van der Waals surface area contributed by atoms with Gasteiger partial charge in [-0.05, 0) is 18.4 Å². The molecule has 1 aromatic heterocycles. The molecule has 0 fully saturated rings. The molecule has 2 amide bonds. The van der Waals surface area contributed by atoms with Crippen LogP contribution in [0.5, 0.6) is 0 Å². The predicted octanol–water partition coefficient (Wildman–Crippen LogP) is 0.889. The molecule has 1 heterocycles. The number of nitrogens with zero attached hydrogens (tertiary/aromatic N) is 1. The van der Waals surface area contributed by atoms with Crippen LogP contribution in [0.1, 0.15) is 23.7 Å². The van der Waals surface area contributed by atoms with Gasteiger partial charge in [0, 0.05) is 31.0 Å². The molecule has 110 valence electrons. The summed E-state index contributed by atoms with van der Waals surface area (Å²) in [5.41, 5.74) is 0.585. The maximum Gasteiger partial charge on any atom is 0.325 e. The third kappa shape index (κ3) is 5.40. The lowest BCUT2D eigenvalue weighted by molar-refractivity contribution is -0.148. The van der Waals surface area contributed by atoms with E-state index >= 15 is 0 Å². The van der Waals surface area contributed by atoms with E-state index in [1.807, 2.05) is 5.38 Å². The molecule has 0 radical (unpaired) electrons. The highest BCUT2D eigenvalue weighted by Gasteiger charge is 2.14. The lowest BCUT2D eigenvalue weighted by Gasteiger charge is -2.16. The minimum atomic E-state index is -0.439. The van der Waals surface area contributed by atoms with Crippen molar-refractivity contribution in [2.24, 2.45) is 0 Å². The van der Waals surface area contributed by atoms with Crippen molar-refractivity contribution in [2.75, 3.05) is 26.7 Å². The molecule has 1 N–H and O–H groups in total. The SMILES string of the molecule is CCOC(=O)CN(C)C(=O)CCNC(=O)c1ccsc1. The van der Waals surface area contributed by atoms with E-state index in [1.165, 1.54) is 23.3 Å². The molecule has 0 aliphatic heterocycles. The molecule has 0 saturated carbocycles. The molecule has 1 rings (SSSR count). The van der Waals surface area contributed by atoms with Crippen LogP contribution in [0.2, 0.25) is 0 Å². The van der Waals surface area contributed by atoms with Gasteiger partial charge < -0.3 is 15.0 Å². The summed E-state index contributed by atoms with van der Waals surface area (Å²) in [4.78, 5) is 35.8. The highest BCUT2D eigenvalue weighted by Crippen LogP contribution is 2.05. The predicted molar refractivity (Wildman–Crippen MR) is 75.5 cm³/mol. The van der Waals surface area contributed by atoms with E-state index in [0.717, 1.165) is 0 Å². The van der Waals surface area contributed by atoms with Crippen LogP contribution in [0, 0.1) is 0 Å². The molecule has 20 heavy (non-hydrogen) atoms. The summed E-state index contributed by atoms with van der Waals surface area (Å²) in [6.45, 7) is 2.16. The lowest BCUT2D eigenvalue weighted by Crippen LogP contribution is -2.35. The van der Waals surface area contributed by atoms with Crippen LogP contribution in [-0.4, -0.2) is 49.4 Å². The van der Waals surface area contributed by atoms with Crippen LogP contribution >= 0.6 is 11.3 Å². The normalized spacial score (nSPS) is 9.90. The molecule has 0 bridgehead atoms. The summed E-state index contributed by atoms with van der Waals surface area (Å²) in [5.74, 6) is -0.860. The summed E-state index contributed by atoms with van der Waals surface area (Å²) in [6, 6.07) is 1.72. The number of carbonyl (C=O) groups excluding carboxylic acids is 3. The van der Waals surface area contributed by atoms with Crippen LogP contribution in [0.15, 0.2) is 16.8 Å². The first-order valence-electron chi connectivity index (χ1n) is 6.24. The Morgan fingerprint density at radius 3 is 2.75 bits per heavy atom. The average molecular weight is 298 g/mol. The maximum atomic E-state index is 11.7. The maximum absolute atomic E-state index is 11.7. The van der Waals surface area contributed by atoms with Gasteiger partial charge in [0.05, 0.1) is 6.61 Å². The Balaban J connectivity index is 2.25. The molecule has 0 saturated heterocycles. The van der Waals surface area contributed by atoms with Gasteiger partial charge >= 0.3 is 5.97 Å². The number of hydrogen-bond acceptors (Lipinski definition) is 5. The van der Waals surface area contributed by atoms with Crippen molar-refractivity contribution in [2.45, 2.75) is 13.3 Å². The zero-order chi connectivity index (χ0) is 15.0. The Morgan fingerprint density at radius 2 is 2.15 bits per heavy atom. The van der Waals surface area contributed by atoms with Crippen molar-refractivity contribution in [3.05, 3.63) is 22.4 Å². The van der Waals surface area contributed by atoms with Crippen molar-refractivity contribution in [1.82, 2.24) is 10.2 Å². The third-order valence-electron chi connectivity index (χ3n) is 2.51. The topological polar surface area (TPSA) is 75.7 Å². The minimum absolute atomic E-state index is 0.0782. The largest absolute Gasteiger partial charge is 0.465 e. The van der Waals surface area contributed by atoms with E-state index in [0.29, 0.717) is 5.56 Å². The molecule has 0 aromatic carbocycles. The molecule has 0 atom stereocenters. The van der Waals surface area contributed by atoms with Gasteiger partial charge in [0.15, 0.2) is 0 Å². The molecule has 0 aliphatic rings. The highest BCUT2D eigenvalue weighted by molar-refractivity contribution is 7.08. The van der Waals surface area contributed by atoms with Crippen molar-refractivity contribution < 1.29 is 19.1 Å². The van der Waals surface area contributed by atoms with E-state index in [1.54, 1.807) is 18.4 Å². The first-order valence-corrected chi connectivity index (χ1v) is 7.18. The summed E-state index contributed by atoms with van der Waals surface area (Å²) in [6.07, 6.45) is 0.145. The van der Waals surface area contributed by atoms with Gasteiger partial charge in [-0.2, -0.15) is 11.3 Å². The van der Waals surface area contributed by atoms with E-state index in [4.69, 9.17) is 4.74 Å². The Hall–Kier alpha value is -1.89. The summed E-state index contributed by atoms with van der Waals surface area (Å²) in [5, 5.41) is 6.21. The van der Waals surface area contributed by atoms with Crippen molar-refractivity contribution in [3.63, 3.8) is 0 Å². The molecule has 0 spiro atoms. The van der Waals surface area contributed by atoms with Crippen molar-refractivity contribution >= 4 is 29.1 Å². The first kappa shape index (κ1) is 16.2. The van der Waals surface area contributed by atoms with Crippen LogP contribution in [-0.2, 0) is 14.3 Å². The van der Waals surface area contributed by atoms with Crippen molar-refractivity contribution in [3.8, 4) is 0 Å². The highest BCUT2D eigenvalue weighted by atomic mass is 32.1. The van der Waals surface area contributed by atoms with E-state index in [9.17, 15) is 14.4 Å². The molecular weight excluding hydrogens is 280 g/mol. The summed E-state index contributed by atoms with van der Waals surface area (Å²) < 4.78 is 4.75. The molecule has 6 nitrogen and oxygen atoms in total. The van der Waals surface area contributed by atoms with Gasteiger partial charge in [-0.3, -0.25) is 14.4 Å². The summed E-state index contributed by atoms with van der Waals surface area (Å²) in [7, 11) is 1.53. The number of nitrogens with one attached hydrogen (secondary N) is 1. The second kappa shape index (κ2) is 8.31. The monoisotopic (exact) mass is 298 g/mol. The second-order valence-electron chi connectivity index (χ2n) is 4.07. The quantitative estimate of drug-likeness (QED) is 0.759. The van der Waals surface area contributed by atoms with E-state index in [2.05, 4.69) is 5.32 Å². The first-order chi connectivity index (χ1) is 9.54. The number of amides is 2. The van der Waals surface area contributed by atoms with Gasteiger partial charge in [0.2, 0.25) is 5.91 Å². The van der Waals surface area contributed by atoms with Crippen LogP contribution in [0.25, 0.3) is 0 Å². The van der Waals surface area contributed by atoms with E-state index < -0.39 is 5.97 Å².